The Morgan fingerprint density at radius 3 is 2.52 bits per heavy atom. The maximum atomic E-state index is 13.9. The van der Waals surface area contributed by atoms with Crippen molar-refractivity contribution in [2.75, 3.05) is 25.9 Å². The average Bonchev–Trinajstić information content (AvgIpc) is 2.36. The molecule has 5 nitrogen and oxygen atoms in total. The van der Waals surface area contributed by atoms with Crippen molar-refractivity contribution < 1.29 is 17.5 Å². The Morgan fingerprint density at radius 1 is 1.43 bits per heavy atom. The molecule has 0 radical (unpaired) electrons. The predicted octanol–water partition coefficient (Wildman–Crippen LogP) is 2.23. The lowest BCUT2D eigenvalue weighted by Crippen LogP contribution is -2.37. The molecule has 21 heavy (non-hydrogen) atoms. The van der Waals surface area contributed by atoms with E-state index in [2.05, 4.69) is 0 Å². The van der Waals surface area contributed by atoms with Crippen LogP contribution in [-0.2, 0) is 10.0 Å². The molecule has 0 saturated heterocycles. The van der Waals surface area contributed by atoms with Gasteiger partial charge in [-0.05, 0) is 30.9 Å². The molecule has 2 N–H and O–H groups in total. The summed E-state index contributed by atoms with van der Waals surface area (Å²) in [4.78, 5) is -0.125. The Kier molecular flexibility index (Phi) is 4.73. The molecule has 2 rings (SSSR count). The summed E-state index contributed by atoms with van der Waals surface area (Å²) in [5.74, 6) is -0.494. The van der Waals surface area contributed by atoms with Crippen LogP contribution in [0.5, 0.6) is 5.75 Å². The highest BCUT2D eigenvalue weighted by Crippen LogP contribution is 2.32. The van der Waals surface area contributed by atoms with Crippen LogP contribution in [0.4, 0.5) is 10.1 Å². The monoisotopic (exact) mass is 316 g/mol. The Hall–Kier alpha value is -1.34. The number of hydrogen-bond donors (Lipinski definition) is 1. The van der Waals surface area contributed by atoms with Gasteiger partial charge in [0.15, 0.2) is 11.6 Å². The SMILES string of the molecule is CCN(CC1CCC1)S(=O)(=O)c1cc(N)c(OC)c(F)c1. The van der Waals surface area contributed by atoms with Gasteiger partial charge >= 0.3 is 0 Å². The lowest BCUT2D eigenvalue weighted by molar-refractivity contribution is 0.250. The first kappa shape index (κ1) is 16.0. The van der Waals surface area contributed by atoms with Crippen LogP contribution in [0.2, 0.25) is 0 Å². The number of ether oxygens (including phenoxy) is 1. The van der Waals surface area contributed by atoms with Gasteiger partial charge in [0.2, 0.25) is 10.0 Å². The summed E-state index contributed by atoms with van der Waals surface area (Å²) in [7, 11) is -2.45. The van der Waals surface area contributed by atoms with Crippen LogP contribution >= 0.6 is 0 Å². The van der Waals surface area contributed by atoms with E-state index >= 15 is 0 Å². The number of benzene rings is 1. The zero-order valence-electron chi connectivity index (χ0n) is 12.3. The number of rotatable bonds is 6. The molecule has 0 spiro atoms. The van der Waals surface area contributed by atoms with Gasteiger partial charge in [0, 0.05) is 13.1 Å². The van der Waals surface area contributed by atoms with Crippen LogP contribution in [0.1, 0.15) is 26.2 Å². The van der Waals surface area contributed by atoms with Crippen LogP contribution in [0, 0.1) is 11.7 Å². The van der Waals surface area contributed by atoms with E-state index in [1.54, 1.807) is 6.92 Å². The molecular formula is C14H21FN2O3S. The van der Waals surface area contributed by atoms with Gasteiger partial charge in [0.25, 0.3) is 0 Å². The van der Waals surface area contributed by atoms with Crippen LogP contribution in [0.15, 0.2) is 17.0 Å². The molecule has 1 aliphatic carbocycles. The zero-order chi connectivity index (χ0) is 15.6. The minimum absolute atomic E-state index is 0.0178. The summed E-state index contributed by atoms with van der Waals surface area (Å²) in [5, 5.41) is 0. The number of methoxy groups -OCH3 is 1. The van der Waals surface area contributed by atoms with Gasteiger partial charge in [-0.25, -0.2) is 12.8 Å². The van der Waals surface area contributed by atoms with Crippen molar-refractivity contribution >= 4 is 15.7 Å². The second kappa shape index (κ2) is 6.19. The molecule has 1 aliphatic rings. The van der Waals surface area contributed by atoms with Crippen molar-refractivity contribution in [3.05, 3.63) is 17.9 Å². The first-order valence-corrected chi connectivity index (χ1v) is 8.47. The second-order valence-electron chi connectivity index (χ2n) is 5.28. The molecule has 7 heteroatoms. The molecule has 1 saturated carbocycles. The Bertz CT molecular complexity index is 592. The first-order chi connectivity index (χ1) is 9.90. The molecule has 0 amide bonds. The van der Waals surface area contributed by atoms with E-state index in [0.717, 1.165) is 25.3 Å². The van der Waals surface area contributed by atoms with Gasteiger partial charge in [-0.2, -0.15) is 4.31 Å². The normalized spacial score (nSPS) is 16.0. The summed E-state index contributed by atoms with van der Waals surface area (Å²) in [6, 6.07) is 2.22. The van der Waals surface area contributed by atoms with E-state index in [4.69, 9.17) is 10.5 Å². The fraction of sp³-hybridized carbons (Fsp3) is 0.571. The van der Waals surface area contributed by atoms with Crippen LogP contribution in [0.25, 0.3) is 0 Å². The minimum Gasteiger partial charge on any atom is -0.492 e. The maximum Gasteiger partial charge on any atom is 0.243 e. The van der Waals surface area contributed by atoms with Crippen molar-refractivity contribution in [1.82, 2.24) is 4.31 Å². The zero-order valence-corrected chi connectivity index (χ0v) is 13.1. The molecular weight excluding hydrogens is 295 g/mol. The molecule has 0 aliphatic heterocycles. The van der Waals surface area contributed by atoms with Crippen LogP contribution in [-0.4, -0.2) is 32.9 Å². The lowest BCUT2D eigenvalue weighted by Gasteiger charge is -2.31. The maximum absolute atomic E-state index is 13.9. The van der Waals surface area contributed by atoms with Crippen LogP contribution in [0.3, 0.4) is 0 Å². The molecule has 0 unspecified atom stereocenters. The Labute approximate surface area is 124 Å². The molecule has 118 valence electrons. The number of nitrogens with zero attached hydrogens (tertiary/aromatic N) is 1. The van der Waals surface area contributed by atoms with E-state index < -0.39 is 15.8 Å². The highest BCUT2D eigenvalue weighted by molar-refractivity contribution is 7.89. The quantitative estimate of drug-likeness (QED) is 0.817. The lowest BCUT2D eigenvalue weighted by atomic mass is 9.85. The molecule has 1 aromatic rings. The molecule has 1 fully saturated rings. The number of hydrogen-bond acceptors (Lipinski definition) is 4. The summed E-state index contributed by atoms with van der Waals surface area (Å²) in [5.41, 5.74) is 5.64. The highest BCUT2D eigenvalue weighted by Gasteiger charge is 2.29. The molecule has 0 atom stereocenters. The topological polar surface area (TPSA) is 72.6 Å². The Morgan fingerprint density at radius 2 is 2.10 bits per heavy atom. The molecule has 0 bridgehead atoms. The highest BCUT2D eigenvalue weighted by atomic mass is 32.2. The predicted molar refractivity (Wildman–Crippen MR) is 79.1 cm³/mol. The van der Waals surface area contributed by atoms with Crippen molar-refractivity contribution in [3.63, 3.8) is 0 Å². The van der Waals surface area contributed by atoms with E-state index in [1.807, 2.05) is 0 Å². The third-order valence-corrected chi connectivity index (χ3v) is 5.85. The number of nitrogen functional groups attached to an aromatic ring is 1. The summed E-state index contributed by atoms with van der Waals surface area (Å²) >= 11 is 0. The minimum atomic E-state index is -3.73. The summed E-state index contributed by atoms with van der Waals surface area (Å²) in [6.45, 7) is 2.61. The molecule has 1 aromatic carbocycles. The standard InChI is InChI=1S/C14H21FN2O3S/c1-3-17(9-10-5-4-6-10)21(18,19)11-7-12(15)14(20-2)13(16)8-11/h7-8,10H,3-6,9,16H2,1-2H3. The van der Waals surface area contributed by atoms with Gasteiger partial charge in [-0.15, -0.1) is 0 Å². The van der Waals surface area contributed by atoms with E-state index in [9.17, 15) is 12.8 Å². The number of halogens is 1. The number of nitrogens with two attached hydrogens (primary N) is 1. The van der Waals surface area contributed by atoms with Crippen molar-refractivity contribution in [3.8, 4) is 5.75 Å². The largest absolute Gasteiger partial charge is 0.492 e. The van der Waals surface area contributed by atoms with E-state index in [-0.39, 0.29) is 16.3 Å². The summed E-state index contributed by atoms with van der Waals surface area (Å²) < 4.78 is 45.3. The van der Waals surface area contributed by atoms with E-state index in [0.29, 0.717) is 19.0 Å². The fourth-order valence-corrected chi connectivity index (χ4v) is 4.04. The van der Waals surface area contributed by atoms with Gasteiger partial charge in [-0.1, -0.05) is 13.3 Å². The van der Waals surface area contributed by atoms with Gasteiger partial charge in [0.1, 0.15) is 0 Å². The third kappa shape index (κ3) is 3.13. The van der Waals surface area contributed by atoms with Gasteiger partial charge in [-0.3, -0.25) is 0 Å². The van der Waals surface area contributed by atoms with Crippen molar-refractivity contribution in [2.24, 2.45) is 5.92 Å². The van der Waals surface area contributed by atoms with E-state index in [1.165, 1.54) is 17.5 Å². The Balaban J connectivity index is 2.33. The molecule has 0 heterocycles. The number of sulfonamides is 1. The summed E-state index contributed by atoms with van der Waals surface area (Å²) in [6.07, 6.45) is 3.24. The van der Waals surface area contributed by atoms with Crippen molar-refractivity contribution in [1.29, 1.82) is 0 Å². The first-order valence-electron chi connectivity index (χ1n) is 7.03. The van der Waals surface area contributed by atoms with Crippen LogP contribution < -0.4 is 10.5 Å². The third-order valence-electron chi connectivity index (χ3n) is 3.93. The van der Waals surface area contributed by atoms with Gasteiger partial charge in [0.05, 0.1) is 17.7 Å². The fourth-order valence-electron chi connectivity index (χ4n) is 2.46. The smallest absolute Gasteiger partial charge is 0.243 e. The van der Waals surface area contributed by atoms with Gasteiger partial charge < -0.3 is 10.5 Å². The van der Waals surface area contributed by atoms with Crippen molar-refractivity contribution in [2.45, 2.75) is 31.1 Å². The average molecular weight is 316 g/mol. The molecule has 0 aromatic heterocycles. The second-order valence-corrected chi connectivity index (χ2v) is 7.22. The number of anilines is 1.